The summed E-state index contributed by atoms with van der Waals surface area (Å²) in [7, 11) is 0. The second-order valence-corrected chi connectivity index (χ2v) is 12.3. The number of nitrogens with two attached hydrogens (primary N) is 1. The van der Waals surface area contributed by atoms with Crippen molar-refractivity contribution in [1.82, 2.24) is 5.32 Å². The van der Waals surface area contributed by atoms with Gasteiger partial charge in [0.1, 0.15) is 0 Å². The molecule has 3 aromatic rings. The van der Waals surface area contributed by atoms with E-state index in [1.165, 1.54) is 12.8 Å². The molecule has 0 bridgehead atoms. The number of benzene rings is 3. The van der Waals surface area contributed by atoms with Crippen LogP contribution in [0.2, 0.25) is 10.0 Å². The third-order valence-electron chi connectivity index (χ3n) is 6.45. The quantitative estimate of drug-likeness (QED) is 0.144. The van der Waals surface area contributed by atoms with E-state index in [1.54, 1.807) is 18.2 Å². The number of ether oxygens (including phenoxy) is 1. The minimum Gasteiger partial charge on any atom is -0.381 e. The van der Waals surface area contributed by atoms with E-state index in [4.69, 9.17) is 33.7 Å². The van der Waals surface area contributed by atoms with Crippen molar-refractivity contribution in [3.63, 3.8) is 0 Å². The van der Waals surface area contributed by atoms with Crippen LogP contribution in [-0.2, 0) is 4.74 Å². The van der Waals surface area contributed by atoms with Crippen molar-refractivity contribution in [3.8, 4) is 0 Å². The van der Waals surface area contributed by atoms with E-state index < -0.39 is 0 Å². The SMILES string of the molecule is C1CCOC1.C=CC[C@@H](C)N.C=CC[C@@H](C)N=Cc1ccc(Cl)cc1.C=CC[C@@H](C)NC(=O)c1ccccc1.CCN=Cc1ccc(Cl)cc1. The Labute approximate surface area is 312 Å². The lowest BCUT2D eigenvalue weighted by Gasteiger charge is -2.11. The number of hydrogen-bond acceptors (Lipinski definition) is 5. The van der Waals surface area contributed by atoms with Gasteiger partial charge in [-0.3, -0.25) is 14.8 Å². The molecule has 6 nitrogen and oxygen atoms in total. The van der Waals surface area contributed by atoms with Gasteiger partial charge in [-0.05, 0) is 107 Å². The van der Waals surface area contributed by atoms with Gasteiger partial charge in [0, 0.05) is 59.9 Å². The van der Waals surface area contributed by atoms with E-state index in [2.05, 4.69) is 42.0 Å². The zero-order valence-corrected chi connectivity index (χ0v) is 32.0. The Morgan fingerprint density at radius 1 is 0.800 bits per heavy atom. The first-order chi connectivity index (χ1) is 24.1. The third kappa shape index (κ3) is 27.1. The molecule has 0 saturated carbocycles. The molecule has 1 heterocycles. The molecule has 0 aromatic heterocycles. The molecule has 3 N–H and O–H groups in total. The van der Waals surface area contributed by atoms with Gasteiger partial charge >= 0.3 is 0 Å². The minimum absolute atomic E-state index is 0.0278. The highest BCUT2D eigenvalue weighted by Crippen LogP contribution is 2.09. The summed E-state index contributed by atoms with van der Waals surface area (Å²) < 4.78 is 4.94. The van der Waals surface area contributed by atoms with E-state index in [0.29, 0.717) is 11.6 Å². The van der Waals surface area contributed by atoms with Gasteiger partial charge in [-0.15, -0.1) is 19.7 Å². The highest BCUT2D eigenvalue weighted by Gasteiger charge is 2.07. The van der Waals surface area contributed by atoms with Crippen molar-refractivity contribution >= 4 is 41.5 Å². The van der Waals surface area contributed by atoms with E-state index >= 15 is 0 Å². The van der Waals surface area contributed by atoms with Gasteiger partial charge in [0.05, 0.1) is 6.04 Å². The monoisotopic (exact) mass is 720 g/mol. The van der Waals surface area contributed by atoms with E-state index in [9.17, 15) is 4.79 Å². The molecular formula is C42H58Cl2N4O2. The molecule has 1 aliphatic rings. The molecule has 1 saturated heterocycles. The number of rotatable bonds is 12. The van der Waals surface area contributed by atoms with Gasteiger partial charge in [-0.1, -0.05) is 83.9 Å². The van der Waals surface area contributed by atoms with E-state index in [-0.39, 0.29) is 18.0 Å². The van der Waals surface area contributed by atoms with Crippen molar-refractivity contribution in [3.05, 3.63) is 144 Å². The Kier molecular flexibility index (Phi) is 28.8. The van der Waals surface area contributed by atoms with Crippen LogP contribution in [0.25, 0.3) is 0 Å². The fourth-order valence-electron chi connectivity index (χ4n) is 3.79. The lowest BCUT2D eigenvalue weighted by Crippen LogP contribution is -2.31. The Morgan fingerprint density at radius 2 is 1.30 bits per heavy atom. The number of amides is 1. The predicted molar refractivity (Wildman–Crippen MR) is 220 cm³/mol. The minimum atomic E-state index is -0.0278. The Hall–Kier alpha value is -3.81. The molecule has 50 heavy (non-hydrogen) atoms. The van der Waals surface area contributed by atoms with E-state index in [0.717, 1.165) is 60.2 Å². The predicted octanol–water partition coefficient (Wildman–Crippen LogP) is 10.6. The lowest BCUT2D eigenvalue weighted by atomic mass is 10.2. The van der Waals surface area contributed by atoms with Crippen LogP contribution >= 0.6 is 23.2 Å². The van der Waals surface area contributed by atoms with Gasteiger partial charge in [0.15, 0.2) is 0 Å². The van der Waals surface area contributed by atoms with Crippen LogP contribution in [0, 0.1) is 0 Å². The smallest absolute Gasteiger partial charge is 0.251 e. The molecule has 272 valence electrons. The average molecular weight is 722 g/mol. The molecular weight excluding hydrogens is 663 g/mol. The Balaban J connectivity index is 0.000000629. The number of nitrogens with zero attached hydrogens (tertiary/aromatic N) is 2. The topological polar surface area (TPSA) is 89.1 Å². The van der Waals surface area contributed by atoms with Crippen molar-refractivity contribution in [2.45, 2.75) is 77.9 Å². The van der Waals surface area contributed by atoms with Crippen molar-refractivity contribution in [2.75, 3.05) is 19.8 Å². The average Bonchev–Trinajstić information content (AvgIpc) is 3.70. The molecule has 0 aliphatic carbocycles. The third-order valence-corrected chi connectivity index (χ3v) is 6.95. The highest BCUT2D eigenvalue weighted by molar-refractivity contribution is 6.30. The summed E-state index contributed by atoms with van der Waals surface area (Å²) in [5.41, 5.74) is 8.20. The van der Waals surface area contributed by atoms with Crippen LogP contribution in [0.3, 0.4) is 0 Å². The highest BCUT2D eigenvalue weighted by atomic mass is 35.5. The van der Waals surface area contributed by atoms with Crippen molar-refractivity contribution in [2.24, 2.45) is 15.7 Å². The van der Waals surface area contributed by atoms with Crippen LogP contribution in [0.5, 0.6) is 0 Å². The number of hydrogen-bond donors (Lipinski definition) is 2. The van der Waals surface area contributed by atoms with Gasteiger partial charge in [-0.25, -0.2) is 0 Å². The molecule has 3 atom stereocenters. The maximum atomic E-state index is 11.6. The largest absolute Gasteiger partial charge is 0.381 e. The number of carbonyl (C=O) groups excluding carboxylic acids is 1. The molecule has 4 rings (SSSR count). The summed E-state index contributed by atoms with van der Waals surface area (Å²) in [5.74, 6) is -0.0278. The molecule has 8 heteroatoms. The fraction of sp³-hybridized carbons (Fsp3) is 0.357. The molecule has 3 aromatic carbocycles. The summed E-state index contributed by atoms with van der Waals surface area (Å²) in [6.07, 6.45) is 14.4. The van der Waals surface area contributed by atoms with Crippen molar-refractivity contribution < 1.29 is 9.53 Å². The Bertz CT molecular complexity index is 1350. The fourth-order valence-corrected chi connectivity index (χ4v) is 4.04. The molecule has 0 spiro atoms. The van der Waals surface area contributed by atoms with E-state index in [1.807, 2.05) is 112 Å². The molecule has 1 amide bonds. The first kappa shape index (κ1) is 46.2. The van der Waals surface area contributed by atoms with Crippen LogP contribution < -0.4 is 11.1 Å². The van der Waals surface area contributed by atoms with Crippen LogP contribution in [0.15, 0.2) is 127 Å². The summed E-state index contributed by atoms with van der Waals surface area (Å²) in [4.78, 5) is 20.1. The number of aliphatic imine (C=N–C) groups is 2. The van der Waals surface area contributed by atoms with Gasteiger partial charge in [-0.2, -0.15) is 0 Å². The van der Waals surface area contributed by atoms with Crippen LogP contribution in [-0.4, -0.2) is 56.2 Å². The molecule has 1 aliphatic heterocycles. The second kappa shape index (κ2) is 31.2. The summed E-state index contributed by atoms with van der Waals surface area (Å²) >= 11 is 11.5. The maximum Gasteiger partial charge on any atom is 0.251 e. The molecule has 0 unspecified atom stereocenters. The Morgan fingerprint density at radius 3 is 1.70 bits per heavy atom. The zero-order chi connectivity index (χ0) is 37.4. The number of carbonyl (C=O) groups is 1. The number of halogens is 2. The summed E-state index contributed by atoms with van der Waals surface area (Å²) in [6, 6.07) is 25.2. The summed E-state index contributed by atoms with van der Waals surface area (Å²) in [5, 5.41) is 4.40. The van der Waals surface area contributed by atoms with Crippen molar-refractivity contribution in [1.29, 1.82) is 0 Å². The molecule has 1 fully saturated rings. The lowest BCUT2D eigenvalue weighted by molar-refractivity contribution is 0.0940. The summed E-state index contributed by atoms with van der Waals surface area (Å²) in [6.45, 7) is 21.6. The first-order valence-electron chi connectivity index (χ1n) is 17.1. The second-order valence-electron chi connectivity index (χ2n) is 11.5. The first-order valence-corrected chi connectivity index (χ1v) is 17.9. The van der Waals surface area contributed by atoms with Crippen LogP contribution in [0.4, 0.5) is 0 Å². The van der Waals surface area contributed by atoms with Crippen LogP contribution in [0.1, 0.15) is 81.3 Å². The van der Waals surface area contributed by atoms with Gasteiger partial charge in [0.25, 0.3) is 5.91 Å². The van der Waals surface area contributed by atoms with Gasteiger partial charge in [0.2, 0.25) is 0 Å². The normalized spacial score (nSPS) is 13.3. The van der Waals surface area contributed by atoms with Gasteiger partial charge < -0.3 is 15.8 Å². The standard InChI is InChI=1S/C12H14ClN.C12H15NO.C9H10ClN.C5H11N.C4H8O/c1-3-4-10(2)14-9-11-5-7-12(13)8-6-11;1-3-7-10(2)13-12(14)11-8-5-4-6-9-11;1-2-11-7-8-3-5-9(10)6-4-8;1-3-4-5(2)6;1-2-4-5-3-1/h3,5-10H,1,4H2,2H3;3-6,8-10H,1,7H2,2H3,(H,13,14);3-7H,2H2,1H3;3,5H,1,4,6H2,2H3;1-4H2/t2*10-;;5-;/m11.1./s1. The maximum absolute atomic E-state index is 11.6. The molecule has 0 radical (unpaired) electrons. The number of nitrogens with one attached hydrogen (secondary N) is 1. The zero-order valence-electron chi connectivity index (χ0n) is 30.4.